The predicted octanol–water partition coefficient (Wildman–Crippen LogP) is 3.00. The summed E-state index contributed by atoms with van der Waals surface area (Å²) in [5, 5.41) is 25.5. The van der Waals surface area contributed by atoms with Crippen LogP contribution in [0.15, 0.2) is 24.3 Å². The van der Waals surface area contributed by atoms with Crippen LogP contribution >= 0.6 is 22.9 Å². The van der Waals surface area contributed by atoms with Gasteiger partial charge in [-0.05, 0) is 37.5 Å². The first kappa shape index (κ1) is 16.8. The van der Waals surface area contributed by atoms with Gasteiger partial charge in [0.05, 0.1) is 17.0 Å². The summed E-state index contributed by atoms with van der Waals surface area (Å²) in [6.07, 6.45) is 1.20. The Morgan fingerprint density at radius 1 is 1.24 bits per heavy atom. The number of rotatable bonds is 3. The molecule has 3 heterocycles. The number of piperidine rings is 1. The number of hydrogen-bond donors (Lipinski definition) is 2. The second kappa shape index (κ2) is 6.57. The number of aromatic hydroxyl groups is 1. The summed E-state index contributed by atoms with van der Waals surface area (Å²) in [5.41, 5.74) is 1.05. The molecule has 3 aromatic rings. The van der Waals surface area contributed by atoms with Crippen LogP contribution in [0.5, 0.6) is 5.88 Å². The molecule has 0 aliphatic carbocycles. The quantitative estimate of drug-likeness (QED) is 0.732. The molecule has 1 fully saturated rings. The van der Waals surface area contributed by atoms with E-state index in [1.165, 1.54) is 15.9 Å². The molecular weight excluding hydrogens is 360 g/mol. The summed E-state index contributed by atoms with van der Waals surface area (Å²) in [5.74, 6) is 0.768. The van der Waals surface area contributed by atoms with E-state index >= 15 is 0 Å². The maximum Gasteiger partial charge on any atom is 0.230 e. The highest BCUT2D eigenvalue weighted by molar-refractivity contribution is 7.17. The molecule has 0 unspecified atom stereocenters. The maximum absolute atomic E-state index is 10.7. The molecule has 1 atom stereocenters. The molecule has 1 aliphatic rings. The Labute approximate surface area is 154 Å². The van der Waals surface area contributed by atoms with E-state index in [-0.39, 0.29) is 18.0 Å². The van der Waals surface area contributed by atoms with Crippen molar-refractivity contribution in [3.8, 4) is 5.88 Å². The van der Waals surface area contributed by atoms with Gasteiger partial charge in [0.15, 0.2) is 0 Å². The van der Waals surface area contributed by atoms with E-state index < -0.39 is 0 Å². The van der Waals surface area contributed by atoms with Gasteiger partial charge in [-0.15, -0.1) is 5.10 Å². The average molecular weight is 379 g/mol. The minimum Gasteiger partial charge on any atom is -0.492 e. The zero-order chi connectivity index (χ0) is 17.6. The number of likely N-dealkylation sites (tertiary alicyclic amines) is 1. The fraction of sp³-hybridized carbons (Fsp3) is 0.412. The summed E-state index contributed by atoms with van der Waals surface area (Å²) < 4.78 is 1.50. The molecule has 0 spiro atoms. The molecule has 1 aliphatic heterocycles. The van der Waals surface area contributed by atoms with Crippen LogP contribution in [0.3, 0.4) is 0 Å². The van der Waals surface area contributed by atoms with Gasteiger partial charge < -0.3 is 10.2 Å². The third kappa shape index (κ3) is 3.13. The highest BCUT2D eigenvalue weighted by atomic mass is 35.5. The Bertz CT molecular complexity index is 884. The second-order valence-electron chi connectivity index (χ2n) is 6.36. The lowest BCUT2D eigenvalue weighted by molar-refractivity contribution is 0.0689. The number of hydrogen-bond acceptors (Lipinski definition) is 6. The number of halogens is 1. The van der Waals surface area contributed by atoms with E-state index in [1.807, 2.05) is 31.2 Å². The van der Waals surface area contributed by atoms with Gasteiger partial charge in [-0.25, -0.2) is 4.98 Å². The van der Waals surface area contributed by atoms with Gasteiger partial charge in [-0.2, -0.15) is 4.52 Å². The van der Waals surface area contributed by atoms with Gasteiger partial charge in [-0.1, -0.05) is 35.1 Å². The van der Waals surface area contributed by atoms with Crippen molar-refractivity contribution < 1.29 is 10.2 Å². The first-order chi connectivity index (χ1) is 12.0. The Kier molecular flexibility index (Phi) is 4.41. The van der Waals surface area contributed by atoms with E-state index in [4.69, 9.17) is 11.6 Å². The van der Waals surface area contributed by atoms with Crippen molar-refractivity contribution >= 4 is 27.9 Å². The van der Waals surface area contributed by atoms with E-state index in [9.17, 15) is 10.2 Å². The van der Waals surface area contributed by atoms with Crippen molar-refractivity contribution in [3.63, 3.8) is 0 Å². The molecular formula is C17H19ClN4O2S. The Morgan fingerprint density at radius 2 is 1.92 bits per heavy atom. The summed E-state index contributed by atoms with van der Waals surface area (Å²) in [6.45, 7) is 3.34. The minimum absolute atomic E-state index is 0.112. The van der Waals surface area contributed by atoms with Crippen LogP contribution in [-0.4, -0.2) is 48.9 Å². The number of fused-ring (bicyclic) bond motifs is 1. The Balaban J connectivity index is 1.79. The molecule has 1 saturated heterocycles. The number of thiazole rings is 1. The lowest BCUT2D eigenvalue weighted by atomic mass is 9.99. The fourth-order valence-electron chi connectivity index (χ4n) is 3.34. The Morgan fingerprint density at radius 3 is 2.56 bits per heavy atom. The third-order valence-electron chi connectivity index (χ3n) is 4.60. The zero-order valence-electron chi connectivity index (χ0n) is 13.8. The predicted molar refractivity (Wildman–Crippen MR) is 97.4 cm³/mol. The molecule has 0 amide bonds. The topological polar surface area (TPSA) is 73.9 Å². The van der Waals surface area contributed by atoms with Crippen LogP contribution in [-0.2, 0) is 0 Å². The minimum atomic E-state index is -0.249. The molecule has 0 bridgehead atoms. The van der Waals surface area contributed by atoms with Crippen LogP contribution < -0.4 is 0 Å². The lowest BCUT2D eigenvalue weighted by Crippen LogP contribution is -2.38. The second-order valence-corrected chi connectivity index (χ2v) is 7.81. The van der Waals surface area contributed by atoms with Gasteiger partial charge in [0.2, 0.25) is 10.8 Å². The molecule has 0 radical (unpaired) electrons. The van der Waals surface area contributed by atoms with Crippen LogP contribution in [0, 0.1) is 6.92 Å². The summed E-state index contributed by atoms with van der Waals surface area (Å²) in [4.78, 5) is 8.15. The van der Waals surface area contributed by atoms with E-state index in [1.54, 1.807) is 0 Å². The largest absolute Gasteiger partial charge is 0.492 e. The van der Waals surface area contributed by atoms with E-state index in [2.05, 4.69) is 15.0 Å². The summed E-state index contributed by atoms with van der Waals surface area (Å²) in [7, 11) is 0. The fourth-order valence-corrected chi connectivity index (χ4v) is 4.63. The van der Waals surface area contributed by atoms with Crippen LogP contribution in [0.25, 0.3) is 4.96 Å². The number of aliphatic hydroxyl groups is 1. The molecule has 0 saturated carbocycles. The number of nitrogens with zero attached hydrogens (tertiary/aromatic N) is 4. The molecule has 8 heteroatoms. The van der Waals surface area contributed by atoms with E-state index in [0.29, 0.717) is 15.8 Å². The van der Waals surface area contributed by atoms with Gasteiger partial charge in [-0.3, -0.25) is 4.90 Å². The highest BCUT2D eigenvalue weighted by Crippen LogP contribution is 2.41. The van der Waals surface area contributed by atoms with Crippen LogP contribution in [0.2, 0.25) is 5.02 Å². The molecule has 4 rings (SSSR count). The van der Waals surface area contributed by atoms with E-state index in [0.717, 1.165) is 36.4 Å². The maximum atomic E-state index is 10.7. The SMILES string of the molecule is Cc1nc2sc([C@H](c3ccc(Cl)cc3)N3CCC(O)CC3)c(O)n2n1. The molecule has 1 aromatic carbocycles. The van der Waals surface area contributed by atoms with Crippen molar-refractivity contribution in [3.05, 3.63) is 45.6 Å². The molecule has 132 valence electrons. The lowest BCUT2D eigenvalue weighted by Gasteiger charge is -2.36. The van der Waals surface area contributed by atoms with Crippen LogP contribution in [0.1, 0.15) is 35.1 Å². The number of aryl methyl sites for hydroxylation is 1. The van der Waals surface area contributed by atoms with Crippen molar-refractivity contribution in [1.29, 1.82) is 0 Å². The summed E-state index contributed by atoms with van der Waals surface area (Å²) in [6, 6.07) is 7.58. The number of benzene rings is 1. The summed E-state index contributed by atoms with van der Waals surface area (Å²) >= 11 is 7.49. The van der Waals surface area contributed by atoms with Gasteiger partial charge in [0.1, 0.15) is 5.82 Å². The third-order valence-corrected chi connectivity index (χ3v) is 5.93. The van der Waals surface area contributed by atoms with Crippen molar-refractivity contribution in [2.75, 3.05) is 13.1 Å². The smallest absolute Gasteiger partial charge is 0.230 e. The average Bonchev–Trinajstić information content (AvgIpc) is 3.09. The number of aromatic nitrogens is 3. The number of aliphatic hydroxyl groups excluding tert-OH is 1. The molecule has 2 aromatic heterocycles. The first-order valence-corrected chi connectivity index (χ1v) is 9.45. The molecule has 6 nitrogen and oxygen atoms in total. The van der Waals surface area contributed by atoms with Crippen molar-refractivity contribution in [2.24, 2.45) is 0 Å². The van der Waals surface area contributed by atoms with Gasteiger partial charge in [0, 0.05) is 18.1 Å². The normalized spacial score (nSPS) is 18.0. The molecule has 2 N–H and O–H groups in total. The van der Waals surface area contributed by atoms with Crippen molar-refractivity contribution in [2.45, 2.75) is 31.9 Å². The van der Waals surface area contributed by atoms with Gasteiger partial charge in [0.25, 0.3) is 0 Å². The first-order valence-electron chi connectivity index (χ1n) is 8.25. The monoisotopic (exact) mass is 378 g/mol. The zero-order valence-corrected chi connectivity index (χ0v) is 15.3. The molecule has 25 heavy (non-hydrogen) atoms. The van der Waals surface area contributed by atoms with Crippen LogP contribution in [0.4, 0.5) is 0 Å². The van der Waals surface area contributed by atoms with Gasteiger partial charge >= 0.3 is 0 Å². The standard InChI is InChI=1S/C17H19ClN4O2S/c1-10-19-17-22(20-10)16(24)15(25-17)14(11-2-4-12(18)5-3-11)21-8-6-13(23)7-9-21/h2-5,13-14,23-24H,6-9H2,1H3/t14-/m0/s1. The highest BCUT2D eigenvalue weighted by Gasteiger charge is 2.31. The Hall–Kier alpha value is -1.67. The van der Waals surface area contributed by atoms with Crippen molar-refractivity contribution in [1.82, 2.24) is 19.5 Å².